The van der Waals surface area contributed by atoms with Gasteiger partial charge in [-0.25, -0.2) is 4.79 Å². The van der Waals surface area contributed by atoms with Gasteiger partial charge in [-0.05, 0) is 57.1 Å². The van der Waals surface area contributed by atoms with Crippen molar-refractivity contribution in [3.63, 3.8) is 0 Å². The zero-order valence-corrected chi connectivity index (χ0v) is 24.0. The SMILES string of the molecule is C=C(C)CCC(O)C(=O)NC(OC)[C@@H]1CC(O)C(C)(C)C(C[C@H](O)CCCc2c(C)c(O)cc(O)c2C(=O)O)O1. The lowest BCUT2D eigenvalue weighted by Gasteiger charge is -2.47. The average Bonchev–Trinajstić information content (AvgIpc) is 2.86. The number of aliphatic hydroxyl groups is 3. The zero-order chi connectivity index (χ0) is 30.4. The molecule has 4 unspecified atom stereocenters. The van der Waals surface area contributed by atoms with E-state index in [4.69, 9.17) is 9.47 Å². The molecule has 1 saturated heterocycles. The Morgan fingerprint density at radius 3 is 2.45 bits per heavy atom. The van der Waals surface area contributed by atoms with Crippen LogP contribution in [0.25, 0.3) is 0 Å². The Kier molecular flexibility index (Phi) is 12.0. The molecule has 7 N–H and O–H groups in total. The fourth-order valence-corrected chi connectivity index (χ4v) is 5.03. The van der Waals surface area contributed by atoms with Crippen molar-refractivity contribution in [3.8, 4) is 11.5 Å². The fourth-order valence-electron chi connectivity index (χ4n) is 5.03. The normalized spacial score (nSPS) is 22.8. The topological polar surface area (TPSA) is 186 Å². The van der Waals surface area contributed by atoms with Gasteiger partial charge < -0.3 is 45.4 Å². The molecule has 1 amide bonds. The second kappa shape index (κ2) is 14.3. The van der Waals surface area contributed by atoms with Crippen LogP contribution < -0.4 is 5.32 Å². The molecule has 0 aromatic heterocycles. The predicted octanol–water partition coefficient (Wildman–Crippen LogP) is 2.53. The Labute approximate surface area is 235 Å². The van der Waals surface area contributed by atoms with Crippen LogP contribution in [0, 0.1) is 12.3 Å². The molecule has 11 heteroatoms. The number of methoxy groups -OCH3 is 1. The molecule has 1 fully saturated rings. The van der Waals surface area contributed by atoms with E-state index in [1.807, 2.05) is 20.8 Å². The van der Waals surface area contributed by atoms with Crippen LogP contribution in [0.2, 0.25) is 0 Å². The lowest BCUT2D eigenvalue weighted by molar-refractivity contribution is -0.214. The van der Waals surface area contributed by atoms with E-state index >= 15 is 0 Å². The van der Waals surface area contributed by atoms with E-state index in [1.54, 1.807) is 6.92 Å². The summed E-state index contributed by atoms with van der Waals surface area (Å²) in [6.45, 7) is 10.8. The first-order valence-corrected chi connectivity index (χ1v) is 13.5. The first-order chi connectivity index (χ1) is 18.6. The van der Waals surface area contributed by atoms with E-state index in [0.29, 0.717) is 24.0 Å². The van der Waals surface area contributed by atoms with Gasteiger partial charge in [-0.2, -0.15) is 0 Å². The van der Waals surface area contributed by atoms with E-state index < -0.39 is 59.8 Å². The minimum absolute atomic E-state index is 0.155. The average molecular weight is 568 g/mol. The van der Waals surface area contributed by atoms with Crippen molar-refractivity contribution in [1.82, 2.24) is 5.32 Å². The number of aromatic hydroxyl groups is 2. The van der Waals surface area contributed by atoms with Crippen LogP contribution in [-0.2, 0) is 20.7 Å². The number of amides is 1. The maximum Gasteiger partial charge on any atom is 0.339 e. The van der Waals surface area contributed by atoms with Crippen LogP contribution in [0.4, 0.5) is 0 Å². The number of phenols is 2. The number of carboxylic acid groups (broad SMARTS) is 1. The Balaban J connectivity index is 2.05. The van der Waals surface area contributed by atoms with Crippen molar-refractivity contribution in [2.45, 2.75) is 109 Å². The Bertz CT molecular complexity index is 1060. The maximum atomic E-state index is 12.5. The summed E-state index contributed by atoms with van der Waals surface area (Å²) >= 11 is 0. The predicted molar refractivity (Wildman–Crippen MR) is 147 cm³/mol. The number of carbonyl (C=O) groups is 2. The van der Waals surface area contributed by atoms with Crippen molar-refractivity contribution in [2.75, 3.05) is 7.11 Å². The quantitative estimate of drug-likeness (QED) is 0.130. The van der Waals surface area contributed by atoms with Crippen LogP contribution in [0.15, 0.2) is 18.2 Å². The molecular formula is C29H45NO10. The summed E-state index contributed by atoms with van der Waals surface area (Å²) in [5.41, 5.74) is 0.487. The monoisotopic (exact) mass is 567 g/mol. The molecule has 1 aromatic rings. The molecule has 1 aliphatic heterocycles. The van der Waals surface area contributed by atoms with Gasteiger partial charge in [0.25, 0.3) is 5.91 Å². The van der Waals surface area contributed by atoms with Crippen molar-refractivity contribution >= 4 is 11.9 Å². The minimum atomic E-state index is -1.31. The van der Waals surface area contributed by atoms with Gasteiger partial charge in [0.2, 0.25) is 0 Å². The summed E-state index contributed by atoms with van der Waals surface area (Å²) < 4.78 is 11.7. The van der Waals surface area contributed by atoms with Crippen LogP contribution >= 0.6 is 0 Å². The van der Waals surface area contributed by atoms with E-state index in [1.165, 1.54) is 7.11 Å². The number of hydrogen-bond acceptors (Lipinski definition) is 9. The number of rotatable bonds is 14. The second-order valence-electron chi connectivity index (χ2n) is 11.4. The number of carbonyl (C=O) groups excluding carboxylic acids is 1. The number of benzene rings is 1. The summed E-state index contributed by atoms with van der Waals surface area (Å²) in [5, 5.41) is 64.1. The molecule has 226 valence electrons. The molecule has 0 radical (unpaired) electrons. The highest BCUT2D eigenvalue weighted by molar-refractivity contribution is 5.93. The molecule has 1 aromatic carbocycles. The molecule has 40 heavy (non-hydrogen) atoms. The molecule has 1 aliphatic rings. The third-order valence-corrected chi connectivity index (χ3v) is 7.84. The van der Waals surface area contributed by atoms with Gasteiger partial charge in [0.15, 0.2) is 6.23 Å². The maximum absolute atomic E-state index is 12.5. The number of aromatic carboxylic acids is 1. The van der Waals surface area contributed by atoms with Crippen molar-refractivity contribution < 1.29 is 49.7 Å². The lowest BCUT2D eigenvalue weighted by Crippen LogP contribution is -2.58. The standard InChI is InChI=1S/C29H45NO10/c1-15(2)10-11-19(32)26(36)30-27(39-6)22-14-23(35)29(4,5)24(40-22)12-17(31)8-7-9-18-16(3)20(33)13-21(34)25(18)28(37)38/h13,17,19,22-24,27,31-35H,1,7-12,14H2,2-6H3,(H,30,36)(H,37,38)/t17-,19?,22+,23?,24?,27?/m1/s1. The Morgan fingerprint density at radius 2 is 1.88 bits per heavy atom. The zero-order valence-electron chi connectivity index (χ0n) is 24.0. The number of allylic oxidation sites excluding steroid dienone is 1. The van der Waals surface area contributed by atoms with Crippen LogP contribution in [0.1, 0.15) is 80.8 Å². The van der Waals surface area contributed by atoms with Crippen LogP contribution in [-0.4, -0.2) is 86.4 Å². The summed E-state index contributed by atoms with van der Waals surface area (Å²) in [5.74, 6) is -2.66. The lowest BCUT2D eigenvalue weighted by atomic mass is 9.74. The third-order valence-electron chi connectivity index (χ3n) is 7.84. The summed E-state index contributed by atoms with van der Waals surface area (Å²) in [6.07, 6.45) is -3.38. The molecule has 0 saturated carbocycles. The number of phenolic OH excluding ortho intramolecular Hbond substituents is 1. The van der Waals surface area contributed by atoms with Gasteiger partial charge in [-0.15, -0.1) is 6.58 Å². The van der Waals surface area contributed by atoms with Crippen molar-refractivity contribution in [2.24, 2.45) is 5.41 Å². The van der Waals surface area contributed by atoms with Crippen molar-refractivity contribution in [3.05, 3.63) is 34.9 Å². The highest BCUT2D eigenvalue weighted by atomic mass is 16.6. The highest BCUT2D eigenvalue weighted by Gasteiger charge is 2.47. The van der Waals surface area contributed by atoms with E-state index in [2.05, 4.69) is 11.9 Å². The summed E-state index contributed by atoms with van der Waals surface area (Å²) in [4.78, 5) is 24.2. The van der Waals surface area contributed by atoms with E-state index in [9.17, 15) is 40.2 Å². The van der Waals surface area contributed by atoms with Gasteiger partial charge in [0.05, 0.1) is 18.3 Å². The van der Waals surface area contributed by atoms with Crippen LogP contribution in [0.3, 0.4) is 0 Å². The second-order valence-corrected chi connectivity index (χ2v) is 11.4. The largest absolute Gasteiger partial charge is 0.508 e. The minimum Gasteiger partial charge on any atom is -0.508 e. The fraction of sp³-hybridized carbons (Fsp3) is 0.655. The van der Waals surface area contributed by atoms with Gasteiger partial charge in [0.1, 0.15) is 29.3 Å². The molecule has 1 heterocycles. The number of nitrogens with one attached hydrogen (secondary N) is 1. The van der Waals surface area contributed by atoms with E-state index in [0.717, 1.165) is 11.6 Å². The number of carboxylic acids is 1. The van der Waals surface area contributed by atoms with E-state index in [-0.39, 0.29) is 43.4 Å². The number of ether oxygens (including phenoxy) is 2. The Hall–Kier alpha value is -2.70. The number of hydrogen-bond donors (Lipinski definition) is 7. The smallest absolute Gasteiger partial charge is 0.339 e. The highest BCUT2D eigenvalue weighted by Crippen LogP contribution is 2.40. The first kappa shape index (κ1) is 33.5. The Morgan fingerprint density at radius 1 is 1.23 bits per heavy atom. The third kappa shape index (κ3) is 8.40. The van der Waals surface area contributed by atoms with Gasteiger partial charge in [-0.1, -0.05) is 19.4 Å². The number of aliphatic hydroxyl groups excluding tert-OH is 3. The van der Waals surface area contributed by atoms with Gasteiger partial charge in [0, 0.05) is 31.4 Å². The first-order valence-electron chi connectivity index (χ1n) is 13.5. The van der Waals surface area contributed by atoms with Crippen LogP contribution in [0.5, 0.6) is 11.5 Å². The molecule has 0 bridgehead atoms. The van der Waals surface area contributed by atoms with Gasteiger partial charge in [-0.3, -0.25) is 4.79 Å². The van der Waals surface area contributed by atoms with Crippen molar-refractivity contribution in [1.29, 1.82) is 0 Å². The molecule has 11 nitrogen and oxygen atoms in total. The molecule has 2 rings (SSSR count). The molecule has 0 spiro atoms. The summed E-state index contributed by atoms with van der Waals surface area (Å²) in [6, 6.07) is 1.000. The molecule has 6 atom stereocenters. The summed E-state index contributed by atoms with van der Waals surface area (Å²) in [7, 11) is 1.39. The molecular weight excluding hydrogens is 522 g/mol. The van der Waals surface area contributed by atoms with Gasteiger partial charge >= 0.3 is 5.97 Å². The molecule has 0 aliphatic carbocycles.